The number of halogens is 10. The Morgan fingerprint density at radius 1 is 0.528 bits per heavy atom. The van der Waals surface area contributed by atoms with Gasteiger partial charge in [-0.15, -0.1) is 17.0 Å². The van der Waals surface area contributed by atoms with Gasteiger partial charge in [0, 0.05) is 0 Å². The summed E-state index contributed by atoms with van der Waals surface area (Å²) in [7, 11) is -3.57. The molecule has 0 radical (unpaired) electrons. The number of rotatable bonds is 6. The van der Waals surface area contributed by atoms with Gasteiger partial charge < -0.3 is 0 Å². The highest BCUT2D eigenvalue weighted by Gasteiger charge is 2.62. The minimum absolute atomic E-state index is 0.102. The fourth-order valence-electron chi connectivity index (χ4n) is 9.01. The van der Waals surface area contributed by atoms with Crippen LogP contribution in [0.3, 0.4) is 0 Å². The summed E-state index contributed by atoms with van der Waals surface area (Å²) in [6, 6.07) is 7.41. The molecule has 0 fully saturated rings. The molecule has 0 N–H and O–H groups in total. The molecule has 1 aliphatic rings. The summed E-state index contributed by atoms with van der Waals surface area (Å²) in [5.74, 6) is -23.6. The average Bonchev–Trinajstić information content (AvgIpc) is 3.38. The van der Waals surface area contributed by atoms with Crippen molar-refractivity contribution in [1.29, 1.82) is 0 Å². The van der Waals surface area contributed by atoms with Crippen LogP contribution in [0, 0.1) is 105 Å². The maximum atomic E-state index is 16.7. The van der Waals surface area contributed by atoms with E-state index in [4.69, 9.17) is 0 Å². The summed E-state index contributed by atoms with van der Waals surface area (Å²) in [5.41, 5.74) is -1.08. The largest absolute Gasteiger partial charge is 0.235 e. The molecule has 0 saturated carbocycles. The van der Waals surface area contributed by atoms with E-state index in [1.54, 1.807) is 55.4 Å². The lowest BCUT2D eigenvalue weighted by Crippen LogP contribution is -2.71. The first-order valence-corrected chi connectivity index (χ1v) is 19.1. The van der Waals surface area contributed by atoms with Gasteiger partial charge in [0.2, 0.25) is 0 Å². The van der Waals surface area contributed by atoms with Crippen LogP contribution in [0.5, 0.6) is 0 Å². The van der Waals surface area contributed by atoms with Gasteiger partial charge in [0.05, 0.1) is 13.4 Å². The van der Waals surface area contributed by atoms with Crippen molar-refractivity contribution in [3.8, 4) is 0 Å². The lowest BCUT2D eigenvalue weighted by atomic mass is 9.16. The van der Waals surface area contributed by atoms with Gasteiger partial charge in [-0.1, -0.05) is 62.2 Å². The molecule has 0 bridgehead atoms. The summed E-state index contributed by atoms with van der Waals surface area (Å²) in [4.78, 5) is 0. The topological polar surface area (TPSA) is 0 Å². The maximum absolute atomic E-state index is 16.7. The van der Waals surface area contributed by atoms with E-state index in [1.807, 2.05) is 38.1 Å². The number of hydrogen-bond donors (Lipinski definition) is 0. The first-order valence-electron chi connectivity index (χ1n) is 17.1. The van der Waals surface area contributed by atoms with E-state index in [-0.39, 0.29) is 6.16 Å². The Bertz CT molecular complexity index is 2020. The highest BCUT2D eigenvalue weighted by molar-refractivity contribution is 7.93. The van der Waals surface area contributed by atoms with Gasteiger partial charge in [0.15, 0.2) is 34.9 Å². The summed E-state index contributed by atoms with van der Waals surface area (Å²) in [6.07, 6.45) is -1.51. The molecule has 4 aromatic carbocycles. The summed E-state index contributed by atoms with van der Waals surface area (Å²) >= 11 is 0. The van der Waals surface area contributed by atoms with E-state index in [2.05, 4.69) is 0 Å². The van der Waals surface area contributed by atoms with Crippen molar-refractivity contribution in [2.45, 2.75) is 74.8 Å². The van der Waals surface area contributed by atoms with Crippen LogP contribution in [0.1, 0.15) is 61.1 Å². The van der Waals surface area contributed by atoms with Gasteiger partial charge in [0.1, 0.15) is 40.0 Å². The molecule has 0 aromatic heterocycles. The third-order valence-corrected chi connectivity index (χ3v) is 16.1. The first-order chi connectivity index (χ1) is 24.4. The van der Waals surface area contributed by atoms with Crippen LogP contribution in [0.4, 0.5) is 43.9 Å². The Morgan fingerprint density at radius 2 is 0.830 bits per heavy atom. The maximum Gasteiger partial charge on any atom is 0.200 e. The van der Waals surface area contributed by atoms with Crippen molar-refractivity contribution in [3.63, 3.8) is 0 Å². The second-order valence-corrected chi connectivity index (χ2v) is 19.3. The van der Waals surface area contributed by atoms with Gasteiger partial charge in [-0.3, -0.25) is 0 Å². The Hall–Kier alpha value is -3.85. The van der Waals surface area contributed by atoms with Crippen molar-refractivity contribution >= 4 is 34.9 Å². The minimum Gasteiger partial charge on any atom is -0.235 e. The molecule has 5 rings (SSSR count). The van der Waals surface area contributed by atoms with E-state index < -0.39 is 93.5 Å². The molecule has 0 amide bonds. The van der Waals surface area contributed by atoms with E-state index in [0.29, 0.717) is 38.4 Å². The van der Waals surface area contributed by atoms with Crippen LogP contribution in [0.25, 0.3) is 0 Å². The Morgan fingerprint density at radius 3 is 1.13 bits per heavy atom. The highest BCUT2D eigenvalue weighted by Crippen LogP contribution is 2.70. The zero-order valence-electron chi connectivity index (χ0n) is 31.1. The normalized spacial score (nSPS) is 16.2. The average molecular weight is 765 g/mol. The van der Waals surface area contributed by atoms with E-state index in [9.17, 15) is 8.78 Å². The summed E-state index contributed by atoms with van der Waals surface area (Å²) < 4.78 is 159. The smallest absolute Gasteiger partial charge is 0.200 e. The summed E-state index contributed by atoms with van der Waals surface area (Å²) in [5, 5.41) is 1.25. The first kappa shape index (κ1) is 40.3. The van der Waals surface area contributed by atoms with Gasteiger partial charge >= 0.3 is 0 Å². The Labute approximate surface area is 304 Å². The SMILES string of the molecule is CC1=C[C@@H]([B-](/C=C/C(C)(C)C)(c2c(F)c(F)c(F)c(F)c2F)c2c(F)c(F)c(F)c(F)c2F)[P+](c2c(C)cc(C)cc2C)(c2c(C)cc(C)cc2C)C1. The molecular formula is C41H40BF10P. The van der Waals surface area contributed by atoms with Crippen LogP contribution in [0.2, 0.25) is 0 Å². The van der Waals surface area contributed by atoms with Crippen molar-refractivity contribution in [2.24, 2.45) is 5.41 Å². The molecule has 0 aliphatic carbocycles. The molecule has 12 heteroatoms. The molecule has 1 heterocycles. The lowest BCUT2D eigenvalue weighted by Gasteiger charge is -2.49. The molecule has 1 aliphatic heterocycles. The van der Waals surface area contributed by atoms with Gasteiger partial charge in [-0.05, 0) is 87.3 Å². The molecule has 0 saturated heterocycles. The molecule has 4 aromatic rings. The molecule has 0 nitrogen and oxygen atoms in total. The number of aryl methyl sites for hydroxylation is 6. The number of hydrogen-bond acceptors (Lipinski definition) is 0. The van der Waals surface area contributed by atoms with Crippen LogP contribution >= 0.6 is 7.26 Å². The van der Waals surface area contributed by atoms with Crippen LogP contribution in [-0.4, -0.2) is 17.9 Å². The zero-order chi connectivity index (χ0) is 39.9. The van der Waals surface area contributed by atoms with Crippen LogP contribution in [0.15, 0.2) is 48.0 Å². The molecular weight excluding hydrogens is 724 g/mol. The van der Waals surface area contributed by atoms with E-state index in [0.717, 1.165) is 17.1 Å². The number of benzene rings is 4. The quantitative estimate of drug-likeness (QED) is 0.0458. The standard InChI is InChI=1S/C41H40BF10P/c1-19-13-22(4)39(23(5)14-19)53(40-24(6)15-20(2)16-25(40)7)18-21(3)17-26(53)42(12-11-41(8,9)10,27-29(43)33(47)37(51)34(48)30(27)44)28-31(45)35(49)38(52)36(50)32(28)46/h11-17,26H,18H2,1-10H3/b12-11+/t26-/m0/s1. The fraction of sp³-hybridized carbons (Fsp3) is 0.317. The summed E-state index contributed by atoms with van der Waals surface area (Å²) in [6.45, 7) is 17.3. The third kappa shape index (κ3) is 6.25. The second kappa shape index (κ2) is 13.8. The van der Waals surface area contributed by atoms with Crippen molar-refractivity contribution in [1.82, 2.24) is 0 Å². The third-order valence-electron chi connectivity index (χ3n) is 10.4. The van der Waals surface area contributed by atoms with Crippen molar-refractivity contribution < 1.29 is 43.9 Å². The van der Waals surface area contributed by atoms with E-state index >= 15 is 35.1 Å². The number of allylic oxidation sites excluding steroid dienone is 3. The van der Waals surface area contributed by atoms with Crippen molar-refractivity contribution in [3.05, 3.63) is 140 Å². The van der Waals surface area contributed by atoms with Crippen LogP contribution < -0.4 is 21.5 Å². The predicted molar refractivity (Wildman–Crippen MR) is 196 cm³/mol. The molecule has 53 heavy (non-hydrogen) atoms. The van der Waals surface area contributed by atoms with Gasteiger partial charge in [-0.2, -0.15) is 0 Å². The zero-order valence-corrected chi connectivity index (χ0v) is 32.0. The molecule has 282 valence electrons. The Balaban J connectivity index is 2.25. The predicted octanol–water partition coefficient (Wildman–Crippen LogP) is 10.2. The molecule has 0 unspecified atom stereocenters. The lowest BCUT2D eigenvalue weighted by molar-refractivity contribution is 0.381. The van der Waals surface area contributed by atoms with Gasteiger partial charge in [0.25, 0.3) is 0 Å². The monoisotopic (exact) mass is 764 g/mol. The molecule has 0 spiro atoms. The minimum atomic E-state index is -4.36. The van der Waals surface area contributed by atoms with Gasteiger partial charge in [-0.25, -0.2) is 49.9 Å². The highest BCUT2D eigenvalue weighted by atomic mass is 31.2. The second-order valence-electron chi connectivity index (χ2n) is 15.7. The Kier molecular flexibility index (Phi) is 10.5. The fourth-order valence-corrected chi connectivity index (χ4v) is 15.7. The van der Waals surface area contributed by atoms with Crippen LogP contribution in [-0.2, 0) is 0 Å². The molecule has 1 atom stereocenters. The van der Waals surface area contributed by atoms with Crippen molar-refractivity contribution in [2.75, 3.05) is 6.16 Å². The van der Waals surface area contributed by atoms with E-state index in [1.165, 1.54) is 12.2 Å².